The van der Waals surface area contributed by atoms with Gasteiger partial charge < -0.3 is 10.1 Å². The Kier molecular flexibility index (Phi) is 6.94. The van der Waals surface area contributed by atoms with E-state index in [2.05, 4.69) is 25.4 Å². The highest BCUT2D eigenvalue weighted by atomic mass is 32.2. The molecule has 1 amide bonds. The first-order valence-corrected chi connectivity index (χ1v) is 13.7. The van der Waals surface area contributed by atoms with Crippen molar-refractivity contribution in [1.82, 2.24) is 20.1 Å². The standard InChI is InChI=1S/C25H29N5O4S/c31-25(21-3-1-2-18(16-21)17-30-10-14-35(32,33)15-11-30)26-22-6-4-19(5-7-22)23-27-24(29-28-23)20-8-12-34-13-9-20/h1-7,16,20H,8-15,17H2,(H,26,31)(H,27,28,29). The van der Waals surface area contributed by atoms with Crippen LogP contribution in [0.1, 0.15) is 40.5 Å². The summed E-state index contributed by atoms with van der Waals surface area (Å²) in [5.74, 6) is 2.07. The number of hydrogen-bond acceptors (Lipinski definition) is 7. The minimum atomic E-state index is -2.91. The van der Waals surface area contributed by atoms with Gasteiger partial charge in [0.25, 0.3) is 5.91 Å². The average Bonchev–Trinajstić information content (AvgIpc) is 3.37. The van der Waals surface area contributed by atoms with Crippen molar-refractivity contribution in [3.63, 3.8) is 0 Å². The third-order valence-electron chi connectivity index (χ3n) is 6.54. The lowest BCUT2D eigenvalue weighted by molar-refractivity contribution is 0.0836. The number of hydrogen-bond donors (Lipinski definition) is 2. The first kappa shape index (κ1) is 23.7. The number of nitrogens with one attached hydrogen (secondary N) is 2. The number of anilines is 1. The molecule has 10 heteroatoms. The van der Waals surface area contributed by atoms with E-state index < -0.39 is 9.84 Å². The van der Waals surface area contributed by atoms with Gasteiger partial charge in [0.2, 0.25) is 0 Å². The Labute approximate surface area is 204 Å². The van der Waals surface area contributed by atoms with Crippen LogP contribution in [-0.4, -0.2) is 72.2 Å². The molecular weight excluding hydrogens is 466 g/mol. The Morgan fingerprint density at radius 1 is 1.09 bits per heavy atom. The Bertz CT molecular complexity index is 1270. The maximum Gasteiger partial charge on any atom is 0.255 e. The average molecular weight is 496 g/mol. The SMILES string of the molecule is O=C(Nc1ccc(-c2n[nH]c(C3CCOCC3)n2)cc1)c1cccc(CN2CCS(=O)(=O)CC2)c1. The van der Waals surface area contributed by atoms with Crippen molar-refractivity contribution < 1.29 is 17.9 Å². The van der Waals surface area contributed by atoms with Crippen LogP contribution in [-0.2, 0) is 21.1 Å². The van der Waals surface area contributed by atoms with E-state index >= 15 is 0 Å². The molecule has 0 radical (unpaired) electrons. The molecule has 0 saturated carbocycles. The van der Waals surface area contributed by atoms with Crippen LogP contribution in [0.3, 0.4) is 0 Å². The van der Waals surface area contributed by atoms with E-state index in [0.717, 1.165) is 43.0 Å². The van der Waals surface area contributed by atoms with E-state index in [9.17, 15) is 13.2 Å². The quantitative estimate of drug-likeness (QED) is 0.540. The van der Waals surface area contributed by atoms with Gasteiger partial charge in [-0.2, -0.15) is 5.10 Å². The van der Waals surface area contributed by atoms with Gasteiger partial charge in [-0.05, 0) is 54.8 Å². The third kappa shape index (κ3) is 5.95. The Morgan fingerprint density at radius 3 is 2.57 bits per heavy atom. The van der Waals surface area contributed by atoms with Crippen LogP contribution in [0.15, 0.2) is 48.5 Å². The van der Waals surface area contributed by atoms with Gasteiger partial charge in [0.15, 0.2) is 15.7 Å². The molecule has 2 aliphatic heterocycles. The lowest BCUT2D eigenvalue weighted by Crippen LogP contribution is -2.39. The zero-order valence-electron chi connectivity index (χ0n) is 19.4. The molecule has 9 nitrogen and oxygen atoms in total. The number of rotatable bonds is 6. The van der Waals surface area contributed by atoms with E-state index in [-0.39, 0.29) is 17.4 Å². The number of amides is 1. The van der Waals surface area contributed by atoms with Gasteiger partial charge in [-0.1, -0.05) is 12.1 Å². The molecule has 2 aliphatic rings. The normalized spacial score (nSPS) is 18.9. The van der Waals surface area contributed by atoms with Gasteiger partial charge in [0.1, 0.15) is 5.82 Å². The molecule has 2 N–H and O–H groups in total. The second-order valence-corrected chi connectivity index (χ2v) is 11.4. The number of ether oxygens (including phenoxy) is 1. The molecule has 2 saturated heterocycles. The lowest BCUT2D eigenvalue weighted by atomic mass is 10.00. The van der Waals surface area contributed by atoms with E-state index in [1.807, 2.05) is 42.5 Å². The van der Waals surface area contributed by atoms with Crippen LogP contribution in [0.25, 0.3) is 11.4 Å². The van der Waals surface area contributed by atoms with Crippen LogP contribution in [0.4, 0.5) is 5.69 Å². The summed E-state index contributed by atoms with van der Waals surface area (Å²) in [5, 5.41) is 10.4. The molecule has 0 unspecified atom stereocenters. The molecule has 3 heterocycles. The van der Waals surface area contributed by atoms with Crippen LogP contribution in [0, 0.1) is 0 Å². The molecule has 2 aromatic carbocycles. The monoisotopic (exact) mass is 495 g/mol. The Balaban J connectivity index is 1.20. The highest BCUT2D eigenvalue weighted by molar-refractivity contribution is 7.91. The molecular formula is C25H29N5O4S. The number of nitrogens with zero attached hydrogens (tertiary/aromatic N) is 3. The van der Waals surface area contributed by atoms with Crippen molar-refractivity contribution in [2.45, 2.75) is 25.3 Å². The summed E-state index contributed by atoms with van der Waals surface area (Å²) in [6, 6.07) is 14.9. The van der Waals surface area contributed by atoms with Crippen molar-refractivity contribution in [3.05, 3.63) is 65.5 Å². The molecule has 35 heavy (non-hydrogen) atoms. The zero-order chi connectivity index (χ0) is 24.3. The summed E-state index contributed by atoms with van der Waals surface area (Å²) in [4.78, 5) is 19.6. The van der Waals surface area contributed by atoms with Crippen molar-refractivity contribution in [3.8, 4) is 11.4 Å². The number of aromatic nitrogens is 3. The summed E-state index contributed by atoms with van der Waals surface area (Å²) in [6.07, 6.45) is 1.89. The molecule has 0 bridgehead atoms. The number of benzene rings is 2. The minimum Gasteiger partial charge on any atom is -0.381 e. The number of sulfone groups is 1. The molecule has 0 spiro atoms. The van der Waals surface area contributed by atoms with E-state index in [0.29, 0.717) is 42.6 Å². The van der Waals surface area contributed by atoms with Gasteiger partial charge >= 0.3 is 0 Å². The van der Waals surface area contributed by atoms with E-state index in [1.54, 1.807) is 6.07 Å². The van der Waals surface area contributed by atoms with Crippen molar-refractivity contribution in [2.75, 3.05) is 43.1 Å². The highest BCUT2D eigenvalue weighted by Gasteiger charge is 2.22. The van der Waals surface area contributed by atoms with Gasteiger partial charge in [0.05, 0.1) is 11.5 Å². The minimum absolute atomic E-state index is 0.188. The molecule has 1 aromatic heterocycles. The molecule has 0 aliphatic carbocycles. The largest absolute Gasteiger partial charge is 0.381 e. The molecule has 0 atom stereocenters. The molecule has 2 fully saturated rings. The van der Waals surface area contributed by atoms with Crippen molar-refractivity contribution in [1.29, 1.82) is 0 Å². The van der Waals surface area contributed by atoms with Gasteiger partial charge in [-0.15, -0.1) is 0 Å². The van der Waals surface area contributed by atoms with Crippen molar-refractivity contribution >= 4 is 21.4 Å². The maximum absolute atomic E-state index is 12.8. The topological polar surface area (TPSA) is 117 Å². The Morgan fingerprint density at radius 2 is 1.83 bits per heavy atom. The number of H-pyrrole nitrogens is 1. The van der Waals surface area contributed by atoms with E-state index in [4.69, 9.17) is 4.74 Å². The van der Waals surface area contributed by atoms with E-state index in [1.165, 1.54) is 0 Å². The van der Waals surface area contributed by atoms with Crippen molar-refractivity contribution in [2.24, 2.45) is 0 Å². The summed E-state index contributed by atoms with van der Waals surface area (Å²) >= 11 is 0. The second kappa shape index (κ2) is 10.3. The maximum atomic E-state index is 12.8. The fraction of sp³-hybridized carbons (Fsp3) is 0.400. The fourth-order valence-electron chi connectivity index (χ4n) is 4.44. The van der Waals surface area contributed by atoms with Gasteiger partial charge in [-0.3, -0.25) is 14.8 Å². The summed E-state index contributed by atoms with van der Waals surface area (Å²) in [6.45, 7) is 3.16. The van der Waals surface area contributed by atoms with Crippen LogP contribution in [0.2, 0.25) is 0 Å². The predicted molar refractivity (Wildman–Crippen MR) is 133 cm³/mol. The van der Waals surface area contributed by atoms with Crippen LogP contribution < -0.4 is 5.32 Å². The first-order chi connectivity index (χ1) is 16.9. The third-order valence-corrected chi connectivity index (χ3v) is 8.15. The summed E-state index contributed by atoms with van der Waals surface area (Å²) < 4.78 is 28.7. The second-order valence-electron chi connectivity index (χ2n) is 9.09. The fourth-order valence-corrected chi connectivity index (χ4v) is 5.72. The van der Waals surface area contributed by atoms with Gasteiger partial charge in [0, 0.05) is 55.6 Å². The lowest BCUT2D eigenvalue weighted by Gasteiger charge is -2.26. The number of carbonyl (C=O) groups excluding carboxylic acids is 1. The summed E-state index contributed by atoms with van der Waals surface area (Å²) in [5.41, 5.74) is 3.11. The Hall–Kier alpha value is -3.08. The summed E-state index contributed by atoms with van der Waals surface area (Å²) in [7, 11) is -2.91. The zero-order valence-corrected chi connectivity index (χ0v) is 20.3. The molecule has 184 valence electrons. The van der Waals surface area contributed by atoms with Crippen LogP contribution >= 0.6 is 0 Å². The molecule has 5 rings (SSSR count). The molecule has 3 aromatic rings. The smallest absolute Gasteiger partial charge is 0.255 e. The predicted octanol–water partition coefficient (Wildman–Crippen LogP) is 2.85. The van der Waals surface area contributed by atoms with Crippen LogP contribution in [0.5, 0.6) is 0 Å². The number of aromatic amines is 1. The number of carbonyl (C=O) groups is 1. The first-order valence-electron chi connectivity index (χ1n) is 11.9. The van der Waals surface area contributed by atoms with Gasteiger partial charge in [-0.25, -0.2) is 13.4 Å². The highest BCUT2D eigenvalue weighted by Crippen LogP contribution is 2.26.